The highest BCUT2D eigenvalue weighted by Gasteiger charge is 2.28. The minimum absolute atomic E-state index is 0.514. The van der Waals surface area contributed by atoms with E-state index in [1.807, 2.05) is 0 Å². The second-order valence-electron chi connectivity index (χ2n) is 6.75. The number of rotatable bonds is 5. The Kier molecular flexibility index (Phi) is 5.50. The Morgan fingerprint density at radius 1 is 1.22 bits per heavy atom. The van der Waals surface area contributed by atoms with Crippen LogP contribution in [0.2, 0.25) is 0 Å². The first kappa shape index (κ1) is 14.3. The molecule has 18 heavy (non-hydrogen) atoms. The molecule has 2 aliphatic rings. The summed E-state index contributed by atoms with van der Waals surface area (Å²) in [5.41, 5.74) is 0.566. The molecule has 1 N–H and O–H groups in total. The molecule has 2 rings (SSSR count). The molecule has 1 heterocycles. The molecule has 0 radical (unpaired) electrons. The van der Waals surface area contributed by atoms with Gasteiger partial charge in [-0.25, -0.2) is 0 Å². The van der Waals surface area contributed by atoms with Crippen LogP contribution >= 0.6 is 0 Å². The molecule has 1 saturated carbocycles. The van der Waals surface area contributed by atoms with Crippen LogP contribution in [0.3, 0.4) is 0 Å². The second-order valence-corrected chi connectivity index (χ2v) is 6.75. The van der Waals surface area contributed by atoms with Crippen LogP contribution in [-0.4, -0.2) is 25.3 Å². The van der Waals surface area contributed by atoms with Crippen molar-refractivity contribution in [2.45, 2.75) is 83.8 Å². The first-order valence-corrected chi connectivity index (χ1v) is 8.07. The van der Waals surface area contributed by atoms with Gasteiger partial charge in [0.1, 0.15) is 0 Å². The van der Waals surface area contributed by atoms with E-state index in [1.54, 1.807) is 0 Å². The molecular formula is C16H31NO. The predicted molar refractivity (Wildman–Crippen MR) is 76.9 cm³/mol. The molecule has 2 fully saturated rings. The van der Waals surface area contributed by atoms with Gasteiger partial charge in [-0.2, -0.15) is 0 Å². The van der Waals surface area contributed by atoms with Gasteiger partial charge in [-0.3, -0.25) is 0 Å². The zero-order valence-corrected chi connectivity index (χ0v) is 12.3. The highest BCUT2D eigenvalue weighted by atomic mass is 16.5. The standard InChI is InChI=1S/C16H31NO/c1-3-7-15-12-14(8-11-18-15)17-13-16(2)9-5-4-6-10-16/h14-15,17H,3-13H2,1-2H3. The normalized spacial score (nSPS) is 32.3. The lowest BCUT2D eigenvalue weighted by molar-refractivity contribution is -0.00537. The molecule has 0 aromatic carbocycles. The molecule has 1 aliphatic carbocycles. The van der Waals surface area contributed by atoms with Gasteiger partial charge in [-0.1, -0.05) is 39.5 Å². The van der Waals surface area contributed by atoms with E-state index >= 15 is 0 Å². The molecule has 0 aromatic heterocycles. The predicted octanol–water partition coefficient (Wildman–Crippen LogP) is 3.89. The molecule has 2 atom stereocenters. The molecule has 0 spiro atoms. The van der Waals surface area contributed by atoms with Crippen molar-refractivity contribution in [2.24, 2.45) is 5.41 Å². The first-order chi connectivity index (χ1) is 8.72. The topological polar surface area (TPSA) is 21.3 Å². The molecule has 2 heteroatoms. The van der Waals surface area contributed by atoms with Gasteiger partial charge in [0.15, 0.2) is 0 Å². The summed E-state index contributed by atoms with van der Waals surface area (Å²) in [5.74, 6) is 0. The molecule has 1 aliphatic heterocycles. The highest BCUT2D eigenvalue weighted by Crippen LogP contribution is 2.35. The summed E-state index contributed by atoms with van der Waals surface area (Å²) in [6, 6.07) is 0.703. The van der Waals surface area contributed by atoms with Crippen molar-refractivity contribution in [3.8, 4) is 0 Å². The van der Waals surface area contributed by atoms with Crippen molar-refractivity contribution in [2.75, 3.05) is 13.2 Å². The van der Waals surface area contributed by atoms with E-state index in [9.17, 15) is 0 Å². The zero-order chi connectivity index (χ0) is 12.8. The molecule has 0 aromatic rings. The Balaban J connectivity index is 1.72. The molecule has 0 bridgehead atoms. The summed E-state index contributed by atoms with van der Waals surface area (Å²) in [6.07, 6.45) is 12.6. The van der Waals surface area contributed by atoms with Crippen molar-refractivity contribution in [3.05, 3.63) is 0 Å². The fourth-order valence-electron chi connectivity index (χ4n) is 3.56. The van der Waals surface area contributed by atoms with E-state index < -0.39 is 0 Å². The van der Waals surface area contributed by atoms with Crippen molar-refractivity contribution in [1.82, 2.24) is 5.32 Å². The van der Waals surface area contributed by atoms with Crippen molar-refractivity contribution >= 4 is 0 Å². The molecule has 1 saturated heterocycles. The number of hydrogen-bond acceptors (Lipinski definition) is 2. The smallest absolute Gasteiger partial charge is 0.0589 e. The minimum Gasteiger partial charge on any atom is -0.378 e. The van der Waals surface area contributed by atoms with Crippen LogP contribution in [0.25, 0.3) is 0 Å². The van der Waals surface area contributed by atoms with Gasteiger partial charge in [-0.05, 0) is 37.5 Å². The van der Waals surface area contributed by atoms with Crippen LogP contribution in [-0.2, 0) is 4.74 Å². The van der Waals surface area contributed by atoms with E-state index in [0.29, 0.717) is 17.6 Å². The van der Waals surface area contributed by atoms with E-state index in [4.69, 9.17) is 4.74 Å². The number of ether oxygens (including phenoxy) is 1. The number of nitrogens with one attached hydrogen (secondary N) is 1. The van der Waals surface area contributed by atoms with Crippen LogP contribution in [0.15, 0.2) is 0 Å². The van der Waals surface area contributed by atoms with Crippen LogP contribution in [0.5, 0.6) is 0 Å². The van der Waals surface area contributed by atoms with Gasteiger partial charge in [0.2, 0.25) is 0 Å². The van der Waals surface area contributed by atoms with E-state index in [0.717, 1.165) is 6.61 Å². The Hall–Kier alpha value is -0.0800. The van der Waals surface area contributed by atoms with Crippen molar-refractivity contribution in [1.29, 1.82) is 0 Å². The average Bonchev–Trinajstić information content (AvgIpc) is 2.38. The Morgan fingerprint density at radius 3 is 2.72 bits per heavy atom. The lowest BCUT2D eigenvalue weighted by atomic mass is 9.75. The van der Waals surface area contributed by atoms with Gasteiger partial charge in [0.05, 0.1) is 6.10 Å². The quantitative estimate of drug-likeness (QED) is 0.802. The fourth-order valence-corrected chi connectivity index (χ4v) is 3.56. The molecule has 0 amide bonds. The van der Waals surface area contributed by atoms with Crippen molar-refractivity contribution in [3.63, 3.8) is 0 Å². The Labute approximate surface area is 113 Å². The maximum Gasteiger partial charge on any atom is 0.0589 e. The largest absolute Gasteiger partial charge is 0.378 e. The van der Waals surface area contributed by atoms with Gasteiger partial charge in [0.25, 0.3) is 0 Å². The summed E-state index contributed by atoms with van der Waals surface area (Å²) in [5, 5.41) is 3.84. The third-order valence-corrected chi connectivity index (χ3v) is 4.86. The van der Waals surface area contributed by atoms with Crippen LogP contribution in [0.1, 0.15) is 71.6 Å². The molecule has 106 valence electrons. The van der Waals surface area contributed by atoms with E-state index in [1.165, 1.54) is 64.3 Å². The lowest BCUT2D eigenvalue weighted by Gasteiger charge is -2.37. The molecule has 2 unspecified atom stereocenters. The highest BCUT2D eigenvalue weighted by molar-refractivity contribution is 4.84. The summed E-state index contributed by atoms with van der Waals surface area (Å²) in [4.78, 5) is 0. The fraction of sp³-hybridized carbons (Fsp3) is 1.00. The summed E-state index contributed by atoms with van der Waals surface area (Å²) in [7, 11) is 0. The summed E-state index contributed by atoms with van der Waals surface area (Å²) in [6.45, 7) is 6.90. The van der Waals surface area contributed by atoms with Gasteiger partial charge >= 0.3 is 0 Å². The summed E-state index contributed by atoms with van der Waals surface area (Å²) >= 11 is 0. The maximum absolute atomic E-state index is 5.83. The van der Waals surface area contributed by atoms with Crippen LogP contribution in [0.4, 0.5) is 0 Å². The SMILES string of the molecule is CCCC1CC(NCC2(C)CCCCC2)CCO1. The van der Waals surface area contributed by atoms with Gasteiger partial charge in [0, 0.05) is 19.2 Å². The van der Waals surface area contributed by atoms with E-state index in [-0.39, 0.29) is 0 Å². The minimum atomic E-state index is 0.514. The molecule has 2 nitrogen and oxygen atoms in total. The lowest BCUT2D eigenvalue weighted by Crippen LogP contribution is -2.44. The average molecular weight is 253 g/mol. The monoisotopic (exact) mass is 253 g/mol. The van der Waals surface area contributed by atoms with Gasteiger partial charge in [-0.15, -0.1) is 0 Å². The van der Waals surface area contributed by atoms with Gasteiger partial charge < -0.3 is 10.1 Å². The Morgan fingerprint density at radius 2 is 2.00 bits per heavy atom. The zero-order valence-electron chi connectivity index (χ0n) is 12.3. The van der Waals surface area contributed by atoms with Crippen molar-refractivity contribution < 1.29 is 4.74 Å². The maximum atomic E-state index is 5.83. The summed E-state index contributed by atoms with van der Waals surface area (Å²) < 4.78 is 5.83. The van der Waals surface area contributed by atoms with Crippen LogP contribution in [0, 0.1) is 5.41 Å². The first-order valence-electron chi connectivity index (χ1n) is 8.07. The third-order valence-electron chi connectivity index (χ3n) is 4.86. The Bertz CT molecular complexity index is 233. The van der Waals surface area contributed by atoms with E-state index in [2.05, 4.69) is 19.2 Å². The number of hydrogen-bond donors (Lipinski definition) is 1. The third kappa shape index (κ3) is 4.24. The molecular weight excluding hydrogens is 222 g/mol. The second kappa shape index (κ2) is 6.91. The van der Waals surface area contributed by atoms with Crippen LogP contribution < -0.4 is 5.32 Å².